The molecule has 0 fully saturated rings. The third-order valence-electron chi connectivity index (χ3n) is 2.34. The molecule has 5 heteroatoms. The molecule has 0 amide bonds. The van der Waals surface area contributed by atoms with Crippen molar-refractivity contribution in [2.24, 2.45) is 0 Å². The second kappa shape index (κ2) is 4.58. The van der Waals surface area contributed by atoms with Crippen LogP contribution in [0.1, 0.15) is 20.8 Å². The predicted molar refractivity (Wildman–Crippen MR) is 71.0 cm³/mol. The Morgan fingerprint density at radius 2 is 2.12 bits per heavy atom. The summed E-state index contributed by atoms with van der Waals surface area (Å²) in [4.78, 5) is 12.6. The standard InChI is InChI=1S/C12H9BrFNOS/c1-6-4-10(17-12(6)13)11(16)7-2-3-9(15)8(14)5-7/h2-5H,15H2,1H3. The molecule has 0 spiro atoms. The predicted octanol–water partition coefficient (Wildman–Crippen LogP) is 3.77. The number of ketones is 1. The van der Waals surface area contributed by atoms with Crippen LogP contribution in [-0.4, -0.2) is 5.78 Å². The zero-order valence-electron chi connectivity index (χ0n) is 8.96. The van der Waals surface area contributed by atoms with Gasteiger partial charge in [0.05, 0.1) is 14.4 Å². The quantitative estimate of drug-likeness (QED) is 0.677. The van der Waals surface area contributed by atoms with Gasteiger partial charge >= 0.3 is 0 Å². The smallest absolute Gasteiger partial charge is 0.203 e. The summed E-state index contributed by atoms with van der Waals surface area (Å²) in [5.41, 5.74) is 6.72. The molecule has 0 saturated carbocycles. The third kappa shape index (κ3) is 2.40. The van der Waals surface area contributed by atoms with Crippen LogP contribution in [0, 0.1) is 12.7 Å². The van der Waals surface area contributed by atoms with Crippen LogP contribution in [0.25, 0.3) is 0 Å². The topological polar surface area (TPSA) is 43.1 Å². The molecule has 0 radical (unpaired) electrons. The fourth-order valence-corrected chi connectivity index (χ4v) is 2.88. The second-order valence-electron chi connectivity index (χ2n) is 3.63. The number of nitrogen functional groups attached to an aromatic ring is 1. The number of carbonyl (C=O) groups excluding carboxylic acids is 1. The van der Waals surface area contributed by atoms with Crippen molar-refractivity contribution < 1.29 is 9.18 Å². The SMILES string of the molecule is Cc1cc(C(=O)c2ccc(N)c(F)c2)sc1Br. The highest BCUT2D eigenvalue weighted by atomic mass is 79.9. The molecular weight excluding hydrogens is 305 g/mol. The molecule has 0 atom stereocenters. The van der Waals surface area contributed by atoms with Gasteiger partial charge in [-0.3, -0.25) is 4.79 Å². The molecule has 0 unspecified atom stereocenters. The number of benzene rings is 1. The van der Waals surface area contributed by atoms with Crippen LogP contribution in [-0.2, 0) is 0 Å². The number of thiophene rings is 1. The van der Waals surface area contributed by atoms with E-state index >= 15 is 0 Å². The van der Waals surface area contributed by atoms with Crippen molar-refractivity contribution in [2.45, 2.75) is 6.92 Å². The highest BCUT2D eigenvalue weighted by molar-refractivity contribution is 9.11. The summed E-state index contributed by atoms with van der Waals surface area (Å²) in [6, 6.07) is 5.88. The van der Waals surface area contributed by atoms with Crippen LogP contribution >= 0.6 is 27.3 Å². The van der Waals surface area contributed by atoms with Crippen LogP contribution in [0.5, 0.6) is 0 Å². The highest BCUT2D eigenvalue weighted by Crippen LogP contribution is 2.29. The van der Waals surface area contributed by atoms with E-state index in [0.717, 1.165) is 9.35 Å². The van der Waals surface area contributed by atoms with Gasteiger partial charge in [0, 0.05) is 5.56 Å². The van der Waals surface area contributed by atoms with Crippen molar-refractivity contribution in [3.63, 3.8) is 0 Å². The second-order valence-corrected chi connectivity index (χ2v) is 6.00. The Kier molecular flexibility index (Phi) is 3.31. The van der Waals surface area contributed by atoms with Crippen molar-refractivity contribution in [3.8, 4) is 0 Å². The molecule has 2 N–H and O–H groups in total. The molecule has 88 valence electrons. The van der Waals surface area contributed by atoms with Crippen LogP contribution in [0.2, 0.25) is 0 Å². The molecule has 2 aromatic rings. The van der Waals surface area contributed by atoms with Gasteiger partial charge < -0.3 is 5.73 Å². The van der Waals surface area contributed by atoms with Gasteiger partial charge in [-0.15, -0.1) is 11.3 Å². The average Bonchev–Trinajstić information content (AvgIpc) is 2.62. The maximum Gasteiger partial charge on any atom is 0.203 e. The first-order chi connectivity index (χ1) is 7.99. The minimum atomic E-state index is -0.566. The van der Waals surface area contributed by atoms with Crippen LogP contribution in [0.15, 0.2) is 28.1 Å². The maximum absolute atomic E-state index is 13.3. The minimum Gasteiger partial charge on any atom is -0.396 e. The lowest BCUT2D eigenvalue weighted by molar-refractivity contribution is 0.104. The maximum atomic E-state index is 13.3. The van der Waals surface area contributed by atoms with Crippen molar-refractivity contribution in [1.82, 2.24) is 0 Å². The lowest BCUT2D eigenvalue weighted by Crippen LogP contribution is -2.00. The number of hydrogen-bond donors (Lipinski definition) is 1. The monoisotopic (exact) mass is 313 g/mol. The lowest BCUT2D eigenvalue weighted by atomic mass is 10.1. The molecule has 2 rings (SSSR count). The Bertz CT molecular complexity index is 575. The summed E-state index contributed by atoms with van der Waals surface area (Å²) in [5, 5.41) is 0. The molecular formula is C12H9BrFNOS. The summed E-state index contributed by atoms with van der Waals surface area (Å²) in [5.74, 6) is -0.758. The zero-order chi connectivity index (χ0) is 12.6. The first-order valence-electron chi connectivity index (χ1n) is 4.84. The van der Waals surface area contributed by atoms with Crippen LogP contribution in [0.4, 0.5) is 10.1 Å². The van der Waals surface area contributed by atoms with Gasteiger partial charge in [0.1, 0.15) is 5.82 Å². The molecule has 1 aromatic heterocycles. The fourth-order valence-electron chi connectivity index (χ4n) is 1.38. The summed E-state index contributed by atoms with van der Waals surface area (Å²) in [6.07, 6.45) is 0. The first-order valence-corrected chi connectivity index (χ1v) is 6.45. The van der Waals surface area contributed by atoms with Gasteiger partial charge in [-0.25, -0.2) is 4.39 Å². The summed E-state index contributed by atoms with van der Waals surface area (Å²) < 4.78 is 14.2. The van der Waals surface area contributed by atoms with E-state index in [9.17, 15) is 9.18 Å². The van der Waals surface area contributed by atoms with E-state index < -0.39 is 5.82 Å². The summed E-state index contributed by atoms with van der Waals surface area (Å²) in [6.45, 7) is 1.90. The number of anilines is 1. The summed E-state index contributed by atoms with van der Waals surface area (Å²) in [7, 11) is 0. The van der Waals surface area contributed by atoms with Gasteiger partial charge in [0.15, 0.2) is 0 Å². The highest BCUT2D eigenvalue weighted by Gasteiger charge is 2.14. The van der Waals surface area contributed by atoms with Crippen molar-refractivity contribution >= 4 is 38.7 Å². The molecule has 0 aliphatic heterocycles. The Morgan fingerprint density at radius 3 is 2.65 bits per heavy atom. The van der Waals surface area contributed by atoms with Gasteiger partial charge in [0.25, 0.3) is 0 Å². The number of carbonyl (C=O) groups is 1. The Morgan fingerprint density at radius 1 is 1.41 bits per heavy atom. The zero-order valence-corrected chi connectivity index (χ0v) is 11.4. The first kappa shape index (κ1) is 12.3. The number of aryl methyl sites for hydroxylation is 1. The largest absolute Gasteiger partial charge is 0.396 e. The lowest BCUT2D eigenvalue weighted by Gasteiger charge is -2.00. The van der Waals surface area contributed by atoms with Crippen LogP contribution in [0.3, 0.4) is 0 Å². The average molecular weight is 314 g/mol. The van der Waals surface area contributed by atoms with Crippen molar-refractivity contribution in [2.75, 3.05) is 5.73 Å². The molecule has 1 aromatic carbocycles. The number of halogens is 2. The van der Waals surface area contributed by atoms with E-state index in [1.807, 2.05) is 6.92 Å². The number of hydrogen-bond acceptors (Lipinski definition) is 3. The van der Waals surface area contributed by atoms with E-state index in [1.54, 1.807) is 6.07 Å². The van der Waals surface area contributed by atoms with Gasteiger partial charge in [-0.1, -0.05) is 0 Å². The molecule has 0 saturated heterocycles. The third-order valence-corrected chi connectivity index (χ3v) is 4.48. The molecule has 0 aliphatic rings. The Balaban J connectivity index is 2.40. The van der Waals surface area contributed by atoms with Gasteiger partial charge in [-0.05, 0) is 52.7 Å². The van der Waals surface area contributed by atoms with E-state index in [4.69, 9.17) is 5.73 Å². The minimum absolute atomic E-state index is 0.0464. The van der Waals surface area contributed by atoms with E-state index in [0.29, 0.717) is 10.4 Å². The molecule has 0 bridgehead atoms. The van der Waals surface area contributed by atoms with E-state index in [-0.39, 0.29) is 11.5 Å². The number of nitrogens with two attached hydrogens (primary N) is 1. The van der Waals surface area contributed by atoms with Gasteiger partial charge in [0.2, 0.25) is 5.78 Å². The fraction of sp³-hybridized carbons (Fsp3) is 0.0833. The Hall–Kier alpha value is -1.20. The molecule has 1 heterocycles. The normalized spacial score (nSPS) is 10.5. The molecule has 2 nitrogen and oxygen atoms in total. The van der Waals surface area contributed by atoms with E-state index in [2.05, 4.69) is 15.9 Å². The molecule has 0 aliphatic carbocycles. The number of rotatable bonds is 2. The van der Waals surface area contributed by atoms with Crippen molar-refractivity contribution in [1.29, 1.82) is 0 Å². The van der Waals surface area contributed by atoms with E-state index in [1.165, 1.54) is 29.5 Å². The van der Waals surface area contributed by atoms with Crippen LogP contribution < -0.4 is 5.73 Å². The van der Waals surface area contributed by atoms with Crippen molar-refractivity contribution in [3.05, 3.63) is 49.9 Å². The Labute approximate surface area is 110 Å². The van der Waals surface area contributed by atoms with Gasteiger partial charge in [-0.2, -0.15) is 0 Å². The molecule has 17 heavy (non-hydrogen) atoms. The summed E-state index contributed by atoms with van der Waals surface area (Å²) >= 11 is 4.70.